The lowest BCUT2D eigenvalue weighted by molar-refractivity contribution is 0.431. The van der Waals surface area contributed by atoms with Gasteiger partial charge in [-0.05, 0) is 12.8 Å². The molecule has 0 aliphatic carbocycles. The summed E-state index contributed by atoms with van der Waals surface area (Å²) in [6.45, 7) is 0.776. The second-order valence-electron chi connectivity index (χ2n) is 2.89. The highest BCUT2D eigenvalue weighted by atomic mass is 32.2. The van der Waals surface area contributed by atoms with Crippen molar-refractivity contribution in [1.29, 1.82) is 0 Å². The maximum absolute atomic E-state index is 11.1. The molecule has 0 radical (unpaired) electrons. The Bertz CT molecular complexity index is 377. The highest BCUT2D eigenvalue weighted by Crippen LogP contribution is 2.31. The minimum atomic E-state index is -3.50. The standard InChI is InChI=1S/C7H9NO3S/c9-7-5-2-1-3-8-6(5)4-12(7,10)11/h4,8-9H,1-3H2. The van der Waals surface area contributed by atoms with Crippen LogP contribution in [0.1, 0.15) is 12.8 Å². The van der Waals surface area contributed by atoms with Gasteiger partial charge in [-0.3, -0.25) is 0 Å². The van der Waals surface area contributed by atoms with Gasteiger partial charge < -0.3 is 10.4 Å². The molecule has 0 saturated carbocycles. The molecule has 0 aromatic carbocycles. The predicted molar refractivity (Wildman–Crippen MR) is 43.9 cm³/mol. The van der Waals surface area contributed by atoms with Crippen LogP contribution in [0.25, 0.3) is 0 Å². The number of sulfone groups is 1. The molecule has 0 unspecified atom stereocenters. The summed E-state index contributed by atoms with van der Waals surface area (Å²) in [6.07, 6.45) is 1.51. The Morgan fingerprint density at radius 3 is 2.92 bits per heavy atom. The SMILES string of the molecule is O=S1(=O)C=C2NCCCC2=C1O. The van der Waals surface area contributed by atoms with E-state index in [2.05, 4.69) is 5.32 Å². The number of allylic oxidation sites excluding steroid dienone is 1. The van der Waals surface area contributed by atoms with E-state index in [0.717, 1.165) is 18.4 Å². The van der Waals surface area contributed by atoms with Crippen LogP contribution in [0.4, 0.5) is 0 Å². The molecule has 66 valence electrons. The molecule has 0 aromatic heterocycles. The quantitative estimate of drug-likeness (QED) is 0.576. The van der Waals surface area contributed by atoms with Gasteiger partial charge in [-0.25, -0.2) is 8.42 Å². The number of piperidine rings is 1. The Balaban J connectivity index is 2.56. The smallest absolute Gasteiger partial charge is 0.234 e. The summed E-state index contributed by atoms with van der Waals surface area (Å²) in [5.74, 6) is 0. The Labute approximate surface area is 70.5 Å². The van der Waals surface area contributed by atoms with Gasteiger partial charge in [-0.15, -0.1) is 0 Å². The molecular formula is C7H9NO3S. The lowest BCUT2D eigenvalue weighted by Crippen LogP contribution is -2.20. The van der Waals surface area contributed by atoms with Gasteiger partial charge in [-0.1, -0.05) is 0 Å². The fourth-order valence-electron chi connectivity index (χ4n) is 1.45. The minimum Gasteiger partial charge on any atom is -0.498 e. The normalized spacial score (nSPS) is 26.2. The van der Waals surface area contributed by atoms with E-state index in [1.54, 1.807) is 0 Å². The van der Waals surface area contributed by atoms with Crippen molar-refractivity contribution >= 4 is 9.84 Å². The largest absolute Gasteiger partial charge is 0.498 e. The summed E-state index contributed by atoms with van der Waals surface area (Å²) in [5, 5.41) is 12.8. The molecule has 0 bridgehead atoms. The number of nitrogens with one attached hydrogen (secondary N) is 1. The summed E-state index contributed by atoms with van der Waals surface area (Å²) in [5.41, 5.74) is 1.11. The zero-order valence-electron chi connectivity index (χ0n) is 6.37. The molecule has 1 fully saturated rings. The minimum absolute atomic E-state index is 0.468. The molecule has 12 heavy (non-hydrogen) atoms. The Morgan fingerprint density at radius 1 is 1.50 bits per heavy atom. The number of rotatable bonds is 0. The lowest BCUT2D eigenvalue weighted by Gasteiger charge is -2.15. The predicted octanol–water partition coefficient (Wildman–Crippen LogP) is 0.409. The molecule has 2 N–H and O–H groups in total. The van der Waals surface area contributed by atoms with Crippen LogP contribution in [0.15, 0.2) is 21.8 Å². The van der Waals surface area contributed by atoms with E-state index in [4.69, 9.17) is 0 Å². The molecule has 0 aromatic rings. The fraction of sp³-hybridized carbons (Fsp3) is 0.429. The van der Waals surface area contributed by atoms with Crippen LogP contribution < -0.4 is 5.32 Å². The van der Waals surface area contributed by atoms with Crippen molar-refractivity contribution in [3.05, 3.63) is 21.8 Å². The molecule has 4 nitrogen and oxygen atoms in total. The van der Waals surface area contributed by atoms with Crippen LogP contribution >= 0.6 is 0 Å². The monoisotopic (exact) mass is 187 g/mol. The van der Waals surface area contributed by atoms with E-state index in [-0.39, 0.29) is 0 Å². The zero-order valence-corrected chi connectivity index (χ0v) is 7.19. The molecule has 5 heteroatoms. The van der Waals surface area contributed by atoms with Crippen molar-refractivity contribution in [3.63, 3.8) is 0 Å². The number of hydrogen-bond donors (Lipinski definition) is 2. The van der Waals surface area contributed by atoms with Crippen LogP contribution in [0, 0.1) is 0 Å². The summed E-state index contributed by atoms with van der Waals surface area (Å²) >= 11 is 0. The van der Waals surface area contributed by atoms with Gasteiger partial charge in [0.1, 0.15) is 0 Å². The Kier molecular flexibility index (Phi) is 1.44. The topological polar surface area (TPSA) is 66.4 Å². The van der Waals surface area contributed by atoms with E-state index in [1.807, 2.05) is 0 Å². The average Bonchev–Trinajstić information content (AvgIpc) is 2.24. The highest BCUT2D eigenvalue weighted by Gasteiger charge is 2.31. The van der Waals surface area contributed by atoms with Crippen LogP contribution in [0.2, 0.25) is 0 Å². The molecule has 2 rings (SSSR count). The summed E-state index contributed by atoms with van der Waals surface area (Å²) in [6, 6.07) is 0. The van der Waals surface area contributed by atoms with Gasteiger partial charge in [0.2, 0.25) is 14.9 Å². The lowest BCUT2D eigenvalue weighted by atomic mass is 10.1. The Hall–Kier alpha value is -0.970. The van der Waals surface area contributed by atoms with Crippen molar-refractivity contribution in [3.8, 4) is 0 Å². The third-order valence-electron chi connectivity index (χ3n) is 2.04. The molecule has 2 aliphatic heterocycles. The summed E-state index contributed by atoms with van der Waals surface area (Å²) in [7, 11) is -3.50. The molecular weight excluding hydrogens is 178 g/mol. The van der Waals surface area contributed by atoms with Gasteiger partial charge >= 0.3 is 0 Å². The number of fused-ring (bicyclic) bond motifs is 1. The van der Waals surface area contributed by atoms with Crippen molar-refractivity contribution in [2.75, 3.05) is 6.54 Å². The molecule has 2 heterocycles. The second kappa shape index (κ2) is 2.26. The van der Waals surface area contributed by atoms with Crippen LogP contribution in [-0.2, 0) is 9.84 Å². The maximum atomic E-state index is 11.1. The van der Waals surface area contributed by atoms with Crippen LogP contribution in [-0.4, -0.2) is 20.1 Å². The van der Waals surface area contributed by atoms with Gasteiger partial charge in [0, 0.05) is 12.1 Å². The second-order valence-corrected chi connectivity index (χ2v) is 4.60. The Morgan fingerprint density at radius 2 is 2.25 bits per heavy atom. The highest BCUT2D eigenvalue weighted by molar-refractivity contribution is 7.98. The summed E-state index contributed by atoms with van der Waals surface area (Å²) < 4.78 is 22.2. The first kappa shape index (κ1) is 7.67. The summed E-state index contributed by atoms with van der Waals surface area (Å²) in [4.78, 5) is 0. The van der Waals surface area contributed by atoms with Crippen molar-refractivity contribution in [2.45, 2.75) is 12.8 Å². The third kappa shape index (κ3) is 0.929. The number of aliphatic hydroxyl groups excluding tert-OH is 1. The van der Waals surface area contributed by atoms with E-state index in [9.17, 15) is 13.5 Å². The van der Waals surface area contributed by atoms with Gasteiger partial charge in [0.05, 0.1) is 11.1 Å². The van der Waals surface area contributed by atoms with Crippen LogP contribution in [0.3, 0.4) is 0 Å². The first-order valence-corrected chi connectivity index (χ1v) is 5.29. The fourth-order valence-corrected chi connectivity index (χ4v) is 2.65. The number of hydrogen-bond acceptors (Lipinski definition) is 4. The van der Waals surface area contributed by atoms with Crippen molar-refractivity contribution < 1.29 is 13.5 Å². The van der Waals surface area contributed by atoms with E-state index >= 15 is 0 Å². The zero-order chi connectivity index (χ0) is 8.77. The maximum Gasteiger partial charge on any atom is 0.234 e. The first-order valence-electron chi connectivity index (χ1n) is 3.74. The number of aliphatic hydroxyl groups is 1. The molecule has 0 spiro atoms. The average molecular weight is 187 g/mol. The van der Waals surface area contributed by atoms with E-state index in [0.29, 0.717) is 17.7 Å². The van der Waals surface area contributed by atoms with Crippen molar-refractivity contribution in [2.24, 2.45) is 0 Å². The molecule has 2 aliphatic rings. The molecule has 0 atom stereocenters. The van der Waals surface area contributed by atoms with Crippen LogP contribution in [0.5, 0.6) is 0 Å². The first-order chi connectivity index (χ1) is 5.61. The van der Waals surface area contributed by atoms with E-state index < -0.39 is 14.9 Å². The van der Waals surface area contributed by atoms with Gasteiger partial charge in [0.25, 0.3) is 0 Å². The van der Waals surface area contributed by atoms with E-state index in [1.165, 1.54) is 0 Å². The van der Waals surface area contributed by atoms with Gasteiger partial charge in [0.15, 0.2) is 0 Å². The van der Waals surface area contributed by atoms with Gasteiger partial charge in [-0.2, -0.15) is 0 Å². The molecule has 1 saturated heterocycles. The van der Waals surface area contributed by atoms with Crippen molar-refractivity contribution in [1.82, 2.24) is 5.32 Å². The third-order valence-corrected chi connectivity index (χ3v) is 3.38. The molecule has 0 amide bonds.